The lowest BCUT2D eigenvalue weighted by atomic mass is 10.0. The van der Waals surface area contributed by atoms with Gasteiger partial charge in [-0.1, -0.05) is 48.5 Å². The van der Waals surface area contributed by atoms with Gasteiger partial charge in [-0.15, -0.1) is 0 Å². The van der Waals surface area contributed by atoms with Crippen LogP contribution in [0, 0.1) is 0 Å². The highest BCUT2D eigenvalue weighted by atomic mass is 32.1. The van der Waals surface area contributed by atoms with Gasteiger partial charge in [0.2, 0.25) is 0 Å². The first-order chi connectivity index (χ1) is 9.36. The Labute approximate surface area is 116 Å². The van der Waals surface area contributed by atoms with Crippen LogP contribution >= 0.6 is 11.3 Å². The summed E-state index contributed by atoms with van der Waals surface area (Å²) < 4.78 is 0. The lowest BCUT2D eigenvalue weighted by Gasteiger charge is -2.04. The van der Waals surface area contributed by atoms with Gasteiger partial charge in [0.05, 0.1) is 6.61 Å². The van der Waals surface area contributed by atoms with Crippen LogP contribution in [0.3, 0.4) is 0 Å². The number of hydrogen-bond donors (Lipinski definition) is 1. The van der Waals surface area contributed by atoms with Gasteiger partial charge in [-0.25, -0.2) is 0 Å². The maximum Gasteiger partial charge on any atom is 0.0681 e. The predicted molar refractivity (Wildman–Crippen MR) is 81.1 cm³/mol. The van der Waals surface area contributed by atoms with E-state index in [0.717, 1.165) is 5.56 Å². The Balaban J connectivity index is 1.89. The van der Waals surface area contributed by atoms with Crippen molar-refractivity contribution in [3.8, 4) is 22.3 Å². The molecular formula is C17H14OS. The van der Waals surface area contributed by atoms with E-state index < -0.39 is 0 Å². The number of aliphatic hydroxyl groups excluding tert-OH is 1. The van der Waals surface area contributed by atoms with E-state index in [4.69, 9.17) is 5.11 Å². The lowest BCUT2D eigenvalue weighted by molar-refractivity contribution is 0.282. The molecule has 0 bridgehead atoms. The molecule has 0 spiro atoms. The number of rotatable bonds is 3. The van der Waals surface area contributed by atoms with Crippen LogP contribution in [0.5, 0.6) is 0 Å². The smallest absolute Gasteiger partial charge is 0.0681 e. The molecule has 0 aliphatic carbocycles. The van der Waals surface area contributed by atoms with E-state index in [1.807, 2.05) is 24.3 Å². The Bertz CT molecular complexity index is 637. The Morgan fingerprint density at radius 1 is 0.684 bits per heavy atom. The van der Waals surface area contributed by atoms with Gasteiger partial charge in [0.1, 0.15) is 0 Å². The van der Waals surface area contributed by atoms with Gasteiger partial charge in [0.25, 0.3) is 0 Å². The highest BCUT2D eigenvalue weighted by molar-refractivity contribution is 7.08. The molecule has 0 unspecified atom stereocenters. The second-order valence-corrected chi connectivity index (χ2v) is 5.22. The third-order valence-electron chi connectivity index (χ3n) is 3.21. The average molecular weight is 266 g/mol. The Hall–Kier alpha value is -1.90. The summed E-state index contributed by atoms with van der Waals surface area (Å²) in [5.41, 5.74) is 5.83. The standard InChI is InChI=1S/C17H14OS/c18-11-13-1-3-14(4-2-13)15-5-7-16(8-6-15)17-9-10-19-12-17/h1-10,12,18H,11H2. The van der Waals surface area contributed by atoms with Gasteiger partial charge < -0.3 is 5.11 Å². The first-order valence-electron chi connectivity index (χ1n) is 6.19. The zero-order valence-electron chi connectivity index (χ0n) is 10.4. The summed E-state index contributed by atoms with van der Waals surface area (Å²) in [4.78, 5) is 0. The fourth-order valence-corrected chi connectivity index (χ4v) is 2.75. The Morgan fingerprint density at radius 2 is 1.21 bits per heavy atom. The number of benzene rings is 2. The van der Waals surface area contributed by atoms with Crippen LogP contribution in [-0.4, -0.2) is 5.11 Å². The van der Waals surface area contributed by atoms with Gasteiger partial charge in [0, 0.05) is 0 Å². The summed E-state index contributed by atoms with van der Waals surface area (Å²) in [6, 6.07) is 18.7. The summed E-state index contributed by atoms with van der Waals surface area (Å²) in [5, 5.41) is 13.3. The van der Waals surface area contributed by atoms with Crippen LogP contribution in [0.4, 0.5) is 0 Å². The van der Waals surface area contributed by atoms with E-state index in [1.165, 1.54) is 22.3 Å². The highest BCUT2D eigenvalue weighted by Gasteiger charge is 2.00. The van der Waals surface area contributed by atoms with Crippen molar-refractivity contribution < 1.29 is 5.11 Å². The van der Waals surface area contributed by atoms with E-state index in [-0.39, 0.29) is 6.61 Å². The molecule has 1 N–H and O–H groups in total. The maximum absolute atomic E-state index is 9.04. The lowest BCUT2D eigenvalue weighted by Crippen LogP contribution is -1.83. The van der Waals surface area contributed by atoms with E-state index in [2.05, 4.69) is 41.1 Å². The van der Waals surface area contributed by atoms with Crippen molar-refractivity contribution in [3.05, 3.63) is 70.9 Å². The normalized spacial score (nSPS) is 10.6. The SMILES string of the molecule is OCc1ccc(-c2ccc(-c3ccsc3)cc2)cc1. The Kier molecular flexibility index (Phi) is 3.45. The molecule has 1 aromatic heterocycles. The van der Waals surface area contributed by atoms with E-state index in [9.17, 15) is 0 Å². The van der Waals surface area contributed by atoms with Crippen LogP contribution in [0.1, 0.15) is 5.56 Å². The average Bonchev–Trinajstić information content (AvgIpc) is 3.02. The second kappa shape index (κ2) is 5.39. The van der Waals surface area contributed by atoms with Crippen molar-refractivity contribution in [1.29, 1.82) is 0 Å². The minimum atomic E-state index is 0.0946. The number of aliphatic hydroxyl groups is 1. The van der Waals surface area contributed by atoms with E-state index in [0.29, 0.717) is 0 Å². The molecule has 0 atom stereocenters. The molecule has 19 heavy (non-hydrogen) atoms. The fraction of sp³-hybridized carbons (Fsp3) is 0.0588. The largest absolute Gasteiger partial charge is 0.392 e. The van der Waals surface area contributed by atoms with Crippen molar-refractivity contribution in [2.75, 3.05) is 0 Å². The third-order valence-corrected chi connectivity index (χ3v) is 3.89. The van der Waals surface area contributed by atoms with Crippen molar-refractivity contribution in [2.45, 2.75) is 6.61 Å². The molecular weight excluding hydrogens is 252 g/mol. The van der Waals surface area contributed by atoms with Crippen molar-refractivity contribution in [2.24, 2.45) is 0 Å². The molecule has 3 aromatic rings. The van der Waals surface area contributed by atoms with E-state index in [1.54, 1.807) is 11.3 Å². The van der Waals surface area contributed by atoms with Crippen LogP contribution in [-0.2, 0) is 6.61 Å². The van der Waals surface area contributed by atoms with Crippen LogP contribution in [0.25, 0.3) is 22.3 Å². The summed E-state index contributed by atoms with van der Waals surface area (Å²) in [7, 11) is 0. The molecule has 0 radical (unpaired) electrons. The molecule has 0 amide bonds. The highest BCUT2D eigenvalue weighted by Crippen LogP contribution is 2.26. The quantitative estimate of drug-likeness (QED) is 0.736. The molecule has 0 fully saturated rings. The van der Waals surface area contributed by atoms with Gasteiger partial charge in [-0.2, -0.15) is 11.3 Å². The summed E-state index contributed by atoms with van der Waals surface area (Å²) >= 11 is 1.72. The zero-order valence-corrected chi connectivity index (χ0v) is 11.2. The molecule has 94 valence electrons. The van der Waals surface area contributed by atoms with E-state index >= 15 is 0 Å². The minimum Gasteiger partial charge on any atom is -0.392 e. The molecule has 0 aliphatic heterocycles. The molecule has 3 rings (SSSR count). The van der Waals surface area contributed by atoms with Crippen LogP contribution < -0.4 is 0 Å². The zero-order chi connectivity index (χ0) is 13.1. The fourth-order valence-electron chi connectivity index (χ4n) is 2.09. The van der Waals surface area contributed by atoms with Gasteiger partial charge in [-0.3, -0.25) is 0 Å². The molecule has 1 nitrogen and oxygen atoms in total. The topological polar surface area (TPSA) is 20.2 Å². The predicted octanol–water partition coefficient (Wildman–Crippen LogP) is 4.57. The van der Waals surface area contributed by atoms with Gasteiger partial charge in [-0.05, 0) is 44.6 Å². The first-order valence-corrected chi connectivity index (χ1v) is 7.14. The van der Waals surface area contributed by atoms with Gasteiger partial charge in [0.15, 0.2) is 0 Å². The molecule has 1 heterocycles. The summed E-state index contributed by atoms with van der Waals surface area (Å²) in [6.07, 6.45) is 0. The third kappa shape index (κ3) is 2.60. The molecule has 0 aliphatic rings. The summed E-state index contributed by atoms with van der Waals surface area (Å²) in [5.74, 6) is 0. The molecule has 2 aromatic carbocycles. The van der Waals surface area contributed by atoms with Crippen LogP contribution in [0.2, 0.25) is 0 Å². The van der Waals surface area contributed by atoms with Crippen molar-refractivity contribution in [1.82, 2.24) is 0 Å². The maximum atomic E-state index is 9.04. The minimum absolute atomic E-state index is 0.0946. The Morgan fingerprint density at radius 3 is 1.68 bits per heavy atom. The number of hydrogen-bond acceptors (Lipinski definition) is 2. The van der Waals surface area contributed by atoms with Crippen LogP contribution in [0.15, 0.2) is 65.4 Å². The van der Waals surface area contributed by atoms with Gasteiger partial charge >= 0.3 is 0 Å². The van der Waals surface area contributed by atoms with Crippen molar-refractivity contribution >= 4 is 11.3 Å². The molecule has 0 saturated carbocycles. The summed E-state index contributed by atoms with van der Waals surface area (Å²) in [6.45, 7) is 0.0946. The molecule has 2 heteroatoms. The van der Waals surface area contributed by atoms with Crippen molar-refractivity contribution in [3.63, 3.8) is 0 Å². The first kappa shape index (κ1) is 12.2. The molecule has 0 saturated heterocycles. The monoisotopic (exact) mass is 266 g/mol. The number of thiophene rings is 1. The second-order valence-electron chi connectivity index (χ2n) is 4.44.